The van der Waals surface area contributed by atoms with Crippen LogP contribution in [0.5, 0.6) is 0 Å². The molecule has 1 rings (SSSR count). The first-order chi connectivity index (χ1) is 7.36. The van der Waals surface area contributed by atoms with E-state index in [9.17, 15) is 23.7 Å². The van der Waals surface area contributed by atoms with Crippen LogP contribution in [-0.4, -0.2) is 21.0 Å². The van der Waals surface area contributed by atoms with E-state index < -0.39 is 34.3 Å². The number of aromatic nitrogens is 1. The van der Waals surface area contributed by atoms with Crippen LogP contribution >= 0.6 is 15.9 Å². The molecule has 0 fully saturated rings. The van der Waals surface area contributed by atoms with E-state index in [1.165, 1.54) is 0 Å². The molecular weight excluding hydrogens is 294 g/mol. The number of carbonyl (C=O) groups is 1. The number of carboxylic acids is 1. The number of aromatic carboxylic acids is 1. The molecule has 1 aromatic heterocycles. The second-order valence-corrected chi connectivity index (χ2v) is 3.43. The smallest absolute Gasteiger partial charge is 0.355 e. The van der Waals surface area contributed by atoms with Gasteiger partial charge in [0.2, 0.25) is 0 Å². The van der Waals surface area contributed by atoms with Crippen molar-refractivity contribution in [2.24, 2.45) is 0 Å². The molecule has 16 heavy (non-hydrogen) atoms. The molecule has 0 unspecified atom stereocenters. The Morgan fingerprint density at radius 1 is 1.62 bits per heavy atom. The minimum Gasteiger partial charge on any atom is -0.476 e. The van der Waals surface area contributed by atoms with E-state index in [1.54, 1.807) is 0 Å². The minimum absolute atomic E-state index is 0.294. The summed E-state index contributed by atoms with van der Waals surface area (Å²) in [4.78, 5) is 23.2. The van der Waals surface area contributed by atoms with Gasteiger partial charge in [-0.1, -0.05) is 0 Å². The monoisotopic (exact) mass is 296 g/mol. The third kappa shape index (κ3) is 2.13. The molecular formula is C7H3BrF2N2O4. The molecule has 0 aliphatic heterocycles. The Hall–Kier alpha value is -1.64. The van der Waals surface area contributed by atoms with Gasteiger partial charge in [0, 0.05) is 6.20 Å². The summed E-state index contributed by atoms with van der Waals surface area (Å²) in [5.41, 5.74) is -3.21. The maximum Gasteiger partial charge on any atom is 0.355 e. The molecule has 86 valence electrons. The van der Waals surface area contributed by atoms with Crippen molar-refractivity contribution < 1.29 is 23.6 Å². The first-order valence-electron chi connectivity index (χ1n) is 3.70. The number of nitrogens with zero attached hydrogens (tertiary/aromatic N) is 2. The highest BCUT2D eigenvalue weighted by Crippen LogP contribution is 2.36. The molecule has 0 aliphatic rings. The highest BCUT2D eigenvalue weighted by Gasteiger charge is 2.32. The quantitative estimate of drug-likeness (QED) is 0.683. The molecule has 1 heterocycles. The molecule has 0 atom stereocenters. The number of halogens is 3. The van der Waals surface area contributed by atoms with E-state index in [2.05, 4.69) is 20.9 Å². The summed E-state index contributed by atoms with van der Waals surface area (Å²) in [6, 6.07) is 0. The Labute approximate surface area is 95.2 Å². The molecule has 1 N–H and O–H groups in total. The Kier molecular flexibility index (Phi) is 3.48. The van der Waals surface area contributed by atoms with Crippen molar-refractivity contribution in [1.29, 1.82) is 0 Å². The zero-order valence-corrected chi connectivity index (χ0v) is 8.94. The van der Waals surface area contributed by atoms with Gasteiger partial charge < -0.3 is 5.11 Å². The molecule has 0 spiro atoms. The SMILES string of the molecule is O=C(O)c1ncc(Br)c([N+](=O)[O-])c1C(F)F. The summed E-state index contributed by atoms with van der Waals surface area (Å²) in [7, 11) is 0. The van der Waals surface area contributed by atoms with Crippen LogP contribution in [0.3, 0.4) is 0 Å². The van der Waals surface area contributed by atoms with E-state index in [0.29, 0.717) is 0 Å². The number of pyridine rings is 1. The molecule has 1 aromatic rings. The van der Waals surface area contributed by atoms with Crippen molar-refractivity contribution in [3.8, 4) is 0 Å². The van der Waals surface area contributed by atoms with Crippen molar-refractivity contribution in [3.05, 3.63) is 32.0 Å². The standard InChI is InChI=1S/C7H3BrF2N2O4/c8-2-1-11-4(7(13)14)3(6(9)10)5(2)12(15)16/h1,6H,(H,13,14). The van der Waals surface area contributed by atoms with E-state index >= 15 is 0 Å². The van der Waals surface area contributed by atoms with Crippen LogP contribution in [0.15, 0.2) is 10.7 Å². The first kappa shape index (κ1) is 12.4. The van der Waals surface area contributed by atoms with Crippen LogP contribution in [0.1, 0.15) is 22.5 Å². The summed E-state index contributed by atoms with van der Waals surface area (Å²) in [6.45, 7) is 0. The second-order valence-electron chi connectivity index (χ2n) is 2.58. The number of hydrogen-bond donors (Lipinski definition) is 1. The fourth-order valence-electron chi connectivity index (χ4n) is 1.06. The second kappa shape index (κ2) is 4.47. The van der Waals surface area contributed by atoms with Crippen LogP contribution in [0.25, 0.3) is 0 Å². The van der Waals surface area contributed by atoms with Gasteiger partial charge in [0.05, 0.1) is 4.92 Å². The van der Waals surface area contributed by atoms with Crippen molar-refractivity contribution >= 4 is 27.6 Å². The predicted molar refractivity (Wildman–Crippen MR) is 50.5 cm³/mol. The van der Waals surface area contributed by atoms with Crippen molar-refractivity contribution in [1.82, 2.24) is 4.98 Å². The summed E-state index contributed by atoms with van der Waals surface area (Å²) >= 11 is 2.67. The molecule has 6 nitrogen and oxygen atoms in total. The molecule has 0 bridgehead atoms. The highest BCUT2D eigenvalue weighted by atomic mass is 79.9. The van der Waals surface area contributed by atoms with E-state index in [-0.39, 0.29) is 4.47 Å². The Morgan fingerprint density at radius 3 is 2.56 bits per heavy atom. The third-order valence-corrected chi connectivity index (χ3v) is 2.23. The number of nitro groups is 1. The van der Waals surface area contributed by atoms with Gasteiger partial charge in [0.15, 0.2) is 5.69 Å². The van der Waals surface area contributed by atoms with Gasteiger partial charge in [0.25, 0.3) is 12.1 Å². The Bertz CT molecular complexity index is 466. The van der Waals surface area contributed by atoms with Gasteiger partial charge in [-0.2, -0.15) is 0 Å². The van der Waals surface area contributed by atoms with E-state index in [0.717, 1.165) is 6.20 Å². The first-order valence-corrected chi connectivity index (χ1v) is 4.49. The van der Waals surface area contributed by atoms with E-state index in [4.69, 9.17) is 5.11 Å². The summed E-state index contributed by atoms with van der Waals surface area (Å²) in [6.07, 6.45) is -2.50. The average Bonchev–Trinajstić information content (AvgIpc) is 2.15. The van der Waals surface area contributed by atoms with Crippen molar-refractivity contribution in [2.45, 2.75) is 6.43 Å². The van der Waals surface area contributed by atoms with Crippen LogP contribution in [0, 0.1) is 10.1 Å². The maximum absolute atomic E-state index is 12.6. The van der Waals surface area contributed by atoms with Crippen LogP contribution in [0.4, 0.5) is 14.5 Å². The summed E-state index contributed by atoms with van der Waals surface area (Å²) < 4.78 is 24.8. The predicted octanol–water partition coefficient (Wildman–Crippen LogP) is 2.39. The molecule has 0 saturated carbocycles. The molecule has 9 heteroatoms. The van der Waals surface area contributed by atoms with E-state index in [1.807, 2.05) is 0 Å². The molecule has 0 aliphatic carbocycles. The molecule has 0 saturated heterocycles. The number of hydrogen-bond acceptors (Lipinski definition) is 4. The lowest BCUT2D eigenvalue weighted by Crippen LogP contribution is -2.09. The average molecular weight is 297 g/mol. The highest BCUT2D eigenvalue weighted by molar-refractivity contribution is 9.10. The van der Waals surface area contributed by atoms with Crippen LogP contribution in [-0.2, 0) is 0 Å². The lowest BCUT2D eigenvalue weighted by atomic mass is 10.1. The Balaban J connectivity index is 3.63. The summed E-state index contributed by atoms with van der Waals surface area (Å²) in [5.74, 6) is -1.74. The molecule has 0 radical (unpaired) electrons. The number of carboxylic acid groups (broad SMARTS) is 1. The normalized spacial score (nSPS) is 10.5. The molecule has 0 aromatic carbocycles. The van der Waals surface area contributed by atoms with Gasteiger partial charge in [-0.25, -0.2) is 18.6 Å². The fourth-order valence-corrected chi connectivity index (χ4v) is 1.52. The molecule has 0 amide bonds. The van der Waals surface area contributed by atoms with Gasteiger partial charge in [-0.05, 0) is 15.9 Å². The minimum atomic E-state index is -3.29. The topological polar surface area (TPSA) is 93.3 Å². The number of rotatable bonds is 3. The summed E-state index contributed by atoms with van der Waals surface area (Å²) in [5, 5.41) is 19.1. The van der Waals surface area contributed by atoms with Crippen molar-refractivity contribution in [3.63, 3.8) is 0 Å². The third-order valence-electron chi connectivity index (χ3n) is 1.65. The largest absolute Gasteiger partial charge is 0.476 e. The Morgan fingerprint density at radius 2 is 2.19 bits per heavy atom. The van der Waals surface area contributed by atoms with Crippen LogP contribution < -0.4 is 0 Å². The van der Waals surface area contributed by atoms with Gasteiger partial charge in [0.1, 0.15) is 10.0 Å². The lowest BCUT2D eigenvalue weighted by Gasteiger charge is -2.06. The zero-order valence-electron chi connectivity index (χ0n) is 7.35. The lowest BCUT2D eigenvalue weighted by molar-refractivity contribution is -0.387. The van der Waals surface area contributed by atoms with Gasteiger partial charge in [-0.3, -0.25) is 10.1 Å². The zero-order chi connectivity index (χ0) is 12.5. The van der Waals surface area contributed by atoms with Gasteiger partial charge in [-0.15, -0.1) is 0 Å². The fraction of sp³-hybridized carbons (Fsp3) is 0.143. The van der Waals surface area contributed by atoms with Crippen molar-refractivity contribution in [2.75, 3.05) is 0 Å². The van der Waals surface area contributed by atoms with Crippen LogP contribution in [0.2, 0.25) is 0 Å². The maximum atomic E-state index is 12.6. The van der Waals surface area contributed by atoms with Gasteiger partial charge >= 0.3 is 5.97 Å². The number of alkyl halides is 2.